The van der Waals surface area contributed by atoms with E-state index >= 15 is 0 Å². The van der Waals surface area contributed by atoms with Gasteiger partial charge in [0.05, 0.1) is 15.8 Å². The van der Waals surface area contributed by atoms with Gasteiger partial charge in [-0.2, -0.15) is 0 Å². The number of hydrogen-bond acceptors (Lipinski definition) is 4. The van der Waals surface area contributed by atoms with Gasteiger partial charge in [0, 0.05) is 18.3 Å². The molecule has 3 aliphatic carbocycles. The van der Waals surface area contributed by atoms with Crippen LogP contribution in [0.2, 0.25) is 5.02 Å². The summed E-state index contributed by atoms with van der Waals surface area (Å²) >= 11 is 6.01. The number of rotatable bonds is 7. The number of carboxylic acids is 1. The zero-order chi connectivity index (χ0) is 24.6. The standard InChI is InChI=1S/C15H19ClO4S.C12H23N/c1-21(19,20)14-7-6-11(9-13(14)16)12(15(17)18)8-10-4-2-3-5-10;1-3-7-11(8-4-1)13-12-9-5-2-6-10-12/h6-7,9-10,12H,2-5,8H2,1H3,(H,17,18);11-13H,1-10H2/t12-;/m1./s1. The maximum absolute atomic E-state index is 11.5. The van der Waals surface area contributed by atoms with Crippen molar-refractivity contribution in [3.8, 4) is 0 Å². The predicted molar refractivity (Wildman–Crippen MR) is 138 cm³/mol. The average molecular weight is 512 g/mol. The van der Waals surface area contributed by atoms with Crippen LogP contribution < -0.4 is 5.32 Å². The monoisotopic (exact) mass is 511 g/mol. The largest absolute Gasteiger partial charge is 0.481 e. The van der Waals surface area contributed by atoms with Crippen LogP contribution in [0.3, 0.4) is 0 Å². The molecule has 0 radical (unpaired) electrons. The lowest BCUT2D eigenvalue weighted by atomic mass is 9.88. The number of aliphatic carboxylic acids is 1. The molecule has 0 spiro atoms. The Hall–Kier alpha value is -1.11. The van der Waals surface area contributed by atoms with Gasteiger partial charge in [-0.1, -0.05) is 81.9 Å². The van der Waals surface area contributed by atoms with Crippen molar-refractivity contribution in [2.75, 3.05) is 6.26 Å². The first-order chi connectivity index (χ1) is 16.2. The first kappa shape index (κ1) is 27.5. The Balaban J connectivity index is 0.000000212. The van der Waals surface area contributed by atoms with Gasteiger partial charge in [-0.15, -0.1) is 0 Å². The lowest BCUT2D eigenvalue weighted by molar-refractivity contribution is -0.139. The van der Waals surface area contributed by atoms with Crippen molar-refractivity contribution in [1.29, 1.82) is 0 Å². The first-order valence-electron chi connectivity index (χ1n) is 13.2. The predicted octanol–water partition coefficient (Wildman–Crippen LogP) is 6.73. The lowest BCUT2D eigenvalue weighted by Crippen LogP contribution is -2.40. The molecule has 0 heterocycles. The zero-order valence-electron chi connectivity index (χ0n) is 20.6. The van der Waals surface area contributed by atoms with E-state index in [1.807, 2.05) is 0 Å². The molecule has 0 saturated heterocycles. The summed E-state index contributed by atoms with van der Waals surface area (Å²) in [6, 6.07) is 6.19. The van der Waals surface area contributed by atoms with E-state index in [2.05, 4.69) is 5.32 Å². The van der Waals surface area contributed by atoms with Crippen LogP contribution in [-0.2, 0) is 14.6 Å². The van der Waals surface area contributed by atoms with Gasteiger partial charge in [-0.25, -0.2) is 8.42 Å². The van der Waals surface area contributed by atoms with E-state index in [4.69, 9.17) is 11.6 Å². The summed E-state index contributed by atoms with van der Waals surface area (Å²) in [5.74, 6) is -1.08. The number of hydrogen-bond donors (Lipinski definition) is 2. The lowest BCUT2D eigenvalue weighted by Gasteiger charge is -2.30. The van der Waals surface area contributed by atoms with Gasteiger partial charge in [-0.05, 0) is 55.7 Å². The van der Waals surface area contributed by atoms with Crippen LogP contribution in [0.1, 0.15) is 108 Å². The van der Waals surface area contributed by atoms with Crippen LogP contribution in [0.25, 0.3) is 0 Å². The van der Waals surface area contributed by atoms with Crippen molar-refractivity contribution in [2.24, 2.45) is 5.92 Å². The normalized spacial score (nSPS) is 21.6. The van der Waals surface area contributed by atoms with E-state index in [1.165, 1.54) is 76.3 Å². The van der Waals surface area contributed by atoms with E-state index in [1.54, 1.807) is 6.07 Å². The Morgan fingerprint density at radius 3 is 1.88 bits per heavy atom. The maximum Gasteiger partial charge on any atom is 0.310 e. The molecular formula is C27H42ClNO4S. The van der Waals surface area contributed by atoms with Gasteiger partial charge in [0.15, 0.2) is 9.84 Å². The molecule has 0 unspecified atom stereocenters. The number of nitrogens with one attached hydrogen (secondary N) is 1. The van der Waals surface area contributed by atoms with Crippen molar-refractivity contribution in [2.45, 2.75) is 119 Å². The SMILES string of the molecule is C1CCC(NC2CCCCC2)CC1.CS(=O)(=O)c1ccc([C@@H](CC2CCCC2)C(=O)O)cc1Cl. The summed E-state index contributed by atoms with van der Waals surface area (Å²) in [6.45, 7) is 0. The highest BCUT2D eigenvalue weighted by molar-refractivity contribution is 7.90. The Bertz CT molecular complexity index is 870. The van der Waals surface area contributed by atoms with Gasteiger partial charge in [-0.3, -0.25) is 4.79 Å². The fourth-order valence-corrected chi connectivity index (χ4v) is 7.20. The summed E-state index contributed by atoms with van der Waals surface area (Å²) in [7, 11) is -3.40. The minimum Gasteiger partial charge on any atom is -0.481 e. The molecule has 0 bridgehead atoms. The molecule has 1 atom stereocenters. The van der Waals surface area contributed by atoms with E-state index in [0.29, 0.717) is 17.9 Å². The van der Waals surface area contributed by atoms with Crippen LogP contribution in [0.15, 0.2) is 23.1 Å². The average Bonchev–Trinajstić information content (AvgIpc) is 3.32. The maximum atomic E-state index is 11.5. The third-order valence-electron chi connectivity index (χ3n) is 7.78. The second kappa shape index (κ2) is 13.3. The highest BCUT2D eigenvalue weighted by Gasteiger charge is 2.27. The molecule has 192 valence electrons. The highest BCUT2D eigenvalue weighted by Crippen LogP contribution is 2.36. The van der Waals surface area contributed by atoms with Crippen molar-refractivity contribution in [1.82, 2.24) is 5.32 Å². The third-order valence-corrected chi connectivity index (χ3v) is 9.36. The van der Waals surface area contributed by atoms with Gasteiger partial charge in [0.2, 0.25) is 0 Å². The minimum absolute atomic E-state index is 0.0397. The van der Waals surface area contributed by atoms with Crippen molar-refractivity contribution in [3.05, 3.63) is 28.8 Å². The molecule has 0 amide bonds. The van der Waals surface area contributed by atoms with Crippen LogP contribution in [0, 0.1) is 5.92 Å². The molecule has 3 aliphatic rings. The van der Waals surface area contributed by atoms with E-state index in [-0.39, 0.29) is 9.92 Å². The fraction of sp³-hybridized carbons (Fsp3) is 0.741. The van der Waals surface area contributed by atoms with E-state index in [9.17, 15) is 18.3 Å². The molecule has 1 aromatic carbocycles. The second-order valence-electron chi connectivity index (χ2n) is 10.6. The zero-order valence-corrected chi connectivity index (χ0v) is 22.2. The Morgan fingerprint density at radius 2 is 1.44 bits per heavy atom. The highest BCUT2D eigenvalue weighted by atomic mass is 35.5. The smallest absolute Gasteiger partial charge is 0.310 e. The molecule has 3 fully saturated rings. The summed E-state index contributed by atoms with van der Waals surface area (Å²) in [6.07, 6.45) is 20.7. The summed E-state index contributed by atoms with van der Waals surface area (Å²) in [5.41, 5.74) is 0.576. The number of carbonyl (C=O) groups is 1. The van der Waals surface area contributed by atoms with Crippen molar-refractivity contribution in [3.63, 3.8) is 0 Å². The fourth-order valence-electron chi connectivity index (χ4n) is 5.87. The van der Waals surface area contributed by atoms with E-state index in [0.717, 1.165) is 44.0 Å². The molecule has 1 aromatic rings. The van der Waals surface area contributed by atoms with Crippen LogP contribution in [-0.4, -0.2) is 37.8 Å². The molecule has 7 heteroatoms. The Labute approximate surface area is 211 Å². The molecular weight excluding hydrogens is 470 g/mol. The van der Waals surface area contributed by atoms with Crippen LogP contribution in [0.5, 0.6) is 0 Å². The first-order valence-corrected chi connectivity index (χ1v) is 15.5. The van der Waals surface area contributed by atoms with Gasteiger partial charge in [0.1, 0.15) is 0 Å². The molecule has 2 N–H and O–H groups in total. The Kier molecular flexibility index (Phi) is 10.7. The summed E-state index contributed by atoms with van der Waals surface area (Å²) in [5, 5.41) is 13.4. The molecule has 4 rings (SSSR count). The minimum atomic E-state index is -3.40. The van der Waals surface area contributed by atoms with E-state index < -0.39 is 21.7 Å². The third kappa shape index (κ3) is 8.53. The number of halogens is 1. The van der Waals surface area contributed by atoms with Gasteiger partial charge < -0.3 is 10.4 Å². The molecule has 0 aliphatic heterocycles. The van der Waals surface area contributed by atoms with Gasteiger partial charge in [0.25, 0.3) is 0 Å². The molecule has 3 saturated carbocycles. The van der Waals surface area contributed by atoms with Crippen molar-refractivity contribution < 1.29 is 18.3 Å². The van der Waals surface area contributed by atoms with Crippen molar-refractivity contribution >= 4 is 27.4 Å². The number of sulfone groups is 1. The van der Waals surface area contributed by atoms with Crippen LogP contribution in [0.4, 0.5) is 0 Å². The molecule has 34 heavy (non-hydrogen) atoms. The molecule has 5 nitrogen and oxygen atoms in total. The number of benzene rings is 1. The quantitative estimate of drug-likeness (QED) is 0.423. The second-order valence-corrected chi connectivity index (χ2v) is 13.0. The topological polar surface area (TPSA) is 83.5 Å². The summed E-state index contributed by atoms with van der Waals surface area (Å²) in [4.78, 5) is 11.6. The van der Waals surface area contributed by atoms with Crippen LogP contribution >= 0.6 is 11.6 Å². The Morgan fingerprint density at radius 1 is 0.941 bits per heavy atom. The summed E-state index contributed by atoms with van der Waals surface area (Å²) < 4.78 is 23.1. The number of carboxylic acid groups (broad SMARTS) is 1. The molecule has 0 aromatic heterocycles. The van der Waals surface area contributed by atoms with Gasteiger partial charge >= 0.3 is 5.97 Å².